The molecule has 0 saturated carbocycles. The second kappa shape index (κ2) is 22.4. The van der Waals surface area contributed by atoms with Gasteiger partial charge in [-0.05, 0) is 66.1 Å². The number of amides is 7. The van der Waals surface area contributed by atoms with E-state index in [1.54, 1.807) is 12.1 Å². The Kier molecular flexibility index (Phi) is 17.2. The third kappa shape index (κ3) is 14.7. The van der Waals surface area contributed by atoms with Gasteiger partial charge in [-0.3, -0.25) is 39.0 Å². The molecule has 0 bridgehead atoms. The Bertz CT molecular complexity index is 1990. The maximum absolute atomic E-state index is 14.3. The number of unbranched alkanes of at least 4 members (excludes halogenated alkanes) is 1. The zero-order valence-electron chi connectivity index (χ0n) is 33.3. The van der Waals surface area contributed by atoms with E-state index in [1.165, 1.54) is 24.1 Å². The molecule has 0 aliphatic carbocycles. The summed E-state index contributed by atoms with van der Waals surface area (Å²) in [5.74, 6) is -4.21. The van der Waals surface area contributed by atoms with Crippen molar-refractivity contribution in [2.75, 3.05) is 20.1 Å². The maximum atomic E-state index is 14.3. The predicted octanol–water partition coefficient (Wildman–Crippen LogP) is 0.790. The Hall–Kier alpha value is -6.52. The Morgan fingerprint density at radius 3 is 2.14 bits per heavy atom. The Morgan fingerprint density at radius 1 is 0.746 bits per heavy atom. The van der Waals surface area contributed by atoms with Crippen LogP contribution in [0.15, 0.2) is 66.7 Å². The number of hydrogen-bond donors (Lipinski definition) is 9. The van der Waals surface area contributed by atoms with Crippen LogP contribution in [0, 0.1) is 5.41 Å². The molecular formula is C42H55N9O8. The number of fused-ring (bicyclic) bond motifs is 1. The number of carbonyl (C=O) groups is 7. The molecule has 0 spiro atoms. The molecule has 3 aromatic rings. The van der Waals surface area contributed by atoms with E-state index in [1.807, 2.05) is 42.5 Å². The van der Waals surface area contributed by atoms with Gasteiger partial charge in [0, 0.05) is 45.7 Å². The summed E-state index contributed by atoms with van der Waals surface area (Å²) in [5, 5.41) is 33.0. The number of hydrogen-bond acceptors (Lipinski definition) is 9. The molecule has 7 amide bonds. The van der Waals surface area contributed by atoms with Gasteiger partial charge in [0.2, 0.25) is 41.4 Å². The molecule has 17 heteroatoms. The molecule has 59 heavy (non-hydrogen) atoms. The van der Waals surface area contributed by atoms with Crippen LogP contribution in [0.4, 0.5) is 0 Å². The van der Waals surface area contributed by atoms with Gasteiger partial charge < -0.3 is 48.1 Å². The number of carbonyl (C=O) groups excluding carboxylic acids is 7. The van der Waals surface area contributed by atoms with E-state index >= 15 is 0 Å². The quantitative estimate of drug-likeness (QED) is 0.0529. The van der Waals surface area contributed by atoms with Crippen molar-refractivity contribution in [1.82, 2.24) is 31.5 Å². The highest BCUT2D eigenvalue weighted by Gasteiger charge is 2.35. The van der Waals surface area contributed by atoms with Crippen LogP contribution in [0.2, 0.25) is 0 Å². The van der Waals surface area contributed by atoms with Gasteiger partial charge in [-0.15, -0.1) is 0 Å². The second-order valence-corrected chi connectivity index (χ2v) is 14.8. The molecule has 0 unspecified atom stereocenters. The number of nitrogens with two attached hydrogens (primary N) is 2. The van der Waals surface area contributed by atoms with Crippen LogP contribution in [-0.2, 0) is 46.4 Å². The first-order valence-corrected chi connectivity index (χ1v) is 19.8. The number of phenols is 1. The molecule has 1 saturated heterocycles. The minimum absolute atomic E-state index is 0.0000394. The summed E-state index contributed by atoms with van der Waals surface area (Å²) < 4.78 is 0. The molecule has 11 N–H and O–H groups in total. The van der Waals surface area contributed by atoms with Gasteiger partial charge in [0.1, 0.15) is 29.9 Å². The first-order valence-electron chi connectivity index (χ1n) is 19.8. The minimum Gasteiger partial charge on any atom is -0.508 e. The molecule has 1 heterocycles. The number of likely N-dealkylation sites (N-methyl/N-ethyl adjacent to an activating group) is 1. The first kappa shape index (κ1) is 45.2. The zero-order chi connectivity index (χ0) is 42.9. The second-order valence-electron chi connectivity index (χ2n) is 14.8. The minimum atomic E-state index is -1.21. The van der Waals surface area contributed by atoms with Crippen LogP contribution in [-0.4, -0.2) is 101 Å². The van der Waals surface area contributed by atoms with E-state index in [0.717, 1.165) is 16.3 Å². The molecule has 3 aromatic carbocycles. The van der Waals surface area contributed by atoms with E-state index < -0.39 is 66.2 Å². The van der Waals surface area contributed by atoms with E-state index in [-0.39, 0.29) is 81.8 Å². The van der Waals surface area contributed by atoms with Gasteiger partial charge in [-0.1, -0.05) is 61.0 Å². The number of amidine groups is 1. The Morgan fingerprint density at radius 2 is 1.42 bits per heavy atom. The van der Waals surface area contributed by atoms with Gasteiger partial charge in [0.25, 0.3) is 0 Å². The number of nitrogens with one attached hydrogen (secondary N) is 6. The van der Waals surface area contributed by atoms with Crippen molar-refractivity contribution >= 4 is 58.0 Å². The highest BCUT2D eigenvalue weighted by molar-refractivity contribution is 5.97. The van der Waals surface area contributed by atoms with Crippen molar-refractivity contribution in [2.24, 2.45) is 11.5 Å². The van der Waals surface area contributed by atoms with Gasteiger partial charge in [0.15, 0.2) is 0 Å². The summed E-state index contributed by atoms with van der Waals surface area (Å²) in [4.78, 5) is 94.6. The fourth-order valence-electron chi connectivity index (χ4n) is 6.82. The van der Waals surface area contributed by atoms with Crippen LogP contribution in [0.5, 0.6) is 5.75 Å². The van der Waals surface area contributed by atoms with Crippen molar-refractivity contribution < 1.29 is 38.7 Å². The summed E-state index contributed by atoms with van der Waals surface area (Å²) in [6.07, 6.45) is 1.92. The van der Waals surface area contributed by atoms with Crippen molar-refractivity contribution in [1.29, 1.82) is 5.41 Å². The highest BCUT2D eigenvalue weighted by Crippen LogP contribution is 2.18. The first-order chi connectivity index (χ1) is 28.2. The summed E-state index contributed by atoms with van der Waals surface area (Å²) in [6.45, 7) is -0.395. The number of nitrogens with zero attached hydrogens (tertiary/aromatic N) is 1. The third-order valence-electron chi connectivity index (χ3n) is 10.1. The average molecular weight is 814 g/mol. The van der Waals surface area contributed by atoms with Crippen molar-refractivity contribution in [3.8, 4) is 5.75 Å². The molecule has 17 nitrogen and oxygen atoms in total. The lowest BCUT2D eigenvalue weighted by Crippen LogP contribution is -2.58. The van der Waals surface area contributed by atoms with Crippen molar-refractivity contribution in [3.05, 3.63) is 77.9 Å². The van der Waals surface area contributed by atoms with Crippen molar-refractivity contribution in [3.63, 3.8) is 0 Å². The standard InChI is InChI=1S/C42H55N9O8/c1-51-34(11-7-21-46-37(54)14-6-13-36(45)53)41(58)49-31(10-4-5-12-35(43)44)40(57)50-32(24-27-15-18-28-8-2-3-9-29(28)22-27)39(56)47-25-38(55)48-33(42(51)59)23-26-16-19-30(52)20-17-26/h2-3,8-9,15-20,22,31-34,52H,4-7,10-14,21,23-25H2,1H3,(H3,43,44)(H2,45,53)(H,46,54)(H,47,56)(H,48,55)(H,49,58)(H,50,57)/t31-,32-,33+,34+/m0/s1. The lowest BCUT2D eigenvalue weighted by atomic mass is 10.00. The third-order valence-corrected chi connectivity index (χ3v) is 10.1. The smallest absolute Gasteiger partial charge is 0.245 e. The summed E-state index contributed by atoms with van der Waals surface area (Å²) >= 11 is 0. The van der Waals surface area contributed by atoms with E-state index in [9.17, 15) is 38.7 Å². The number of rotatable bonds is 17. The number of primary amides is 1. The van der Waals surface area contributed by atoms with Crippen LogP contribution in [0.25, 0.3) is 10.8 Å². The highest BCUT2D eigenvalue weighted by atomic mass is 16.3. The van der Waals surface area contributed by atoms with Crippen molar-refractivity contribution in [2.45, 2.75) is 94.8 Å². The van der Waals surface area contributed by atoms with Gasteiger partial charge >= 0.3 is 0 Å². The number of benzene rings is 3. The molecule has 4 atom stereocenters. The molecule has 1 aliphatic heterocycles. The lowest BCUT2D eigenvalue weighted by molar-refractivity contribution is -0.142. The molecular weight excluding hydrogens is 759 g/mol. The topological polar surface area (TPSA) is 279 Å². The SMILES string of the molecule is CN1C(=O)[C@@H](Cc2ccc(O)cc2)NC(=O)CNC(=O)[C@H](Cc2ccc3ccccc3c2)NC(=O)[C@H](CCCCC(=N)N)NC(=O)[C@H]1CCCNC(=O)CCCC(N)=O. The Labute approximate surface area is 342 Å². The molecule has 0 aromatic heterocycles. The molecule has 1 fully saturated rings. The maximum Gasteiger partial charge on any atom is 0.245 e. The number of aromatic hydroxyl groups is 1. The molecule has 316 valence electrons. The van der Waals surface area contributed by atoms with Gasteiger partial charge in [-0.25, -0.2) is 0 Å². The van der Waals surface area contributed by atoms with Crippen LogP contribution >= 0.6 is 0 Å². The summed E-state index contributed by atoms with van der Waals surface area (Å²) in [5.41, 5.74) is 12.1. The van der Waals surface area contributed by atoms with Gasteiger partial charge in [-0.2, -0.15) is 0 Å². The van der Waals surface area contributed by atoms with Crippen LogP contribution in [0.3, 0.4) is 0 Å². The molecule has 4 rings (SSSR count). The molecule has 0 radical (unpaired) electrons. The monoisotopic (exact) mass is 813 g/mol. The largest absolute Gasteiger partial charge is 0.508 e. The van der Waals surface area contributed by atoms with Gasteiger partial charge in [0.05, 0.1) is 12.4 Å². The number of phenolic OH excluding ortho intramolecular Hbond substituents is 1. The molecule has 1 aliphatic rings. The van der Waals surface area contributed by atoms with Crippen LogP contribution in [0.1, 0.15) is 68.9 Å². The normalized spacial score (nSPS) is 19.4. The average Bonchev–Trinajstić information content (AvgIpc) is 3.20. The lowest BCUT2D eigenvalue weighted by Gasteiger charge is -2.32. The van der Waals surface area contributed by atoms with Crippen LogP contribution < -0.4 is 38.1 Å². The van der Waals surface area contributed by atoms with E-state index in [2.05, 4.69) is 26.6 Å². The summed E-state index contributed by atoms with van der Waals surface area (Å²) in [6, 6.07) is 14.6. The van der Waals surface area contributed by atoms with E-state index in [4.69, 9.17) is 16.9 Å². The predicted molar refractivity (Wildman–Crippen MR) is 220 cm³/mol. The summed E-state index contributed by atoms with van der Waals surface area (Å²) in [7, 11) is 1.41. The fourth-order valence-corrected chi connectivity index (χ4v) is 6.82. The Balaban J connectivity index is 1.66. The van der Waals surface area contributed by atoms with E-state index in [0.29, 0.717) is 18.4 Å². The fraction of sp³-hybridized carbons (Fsp3) is 0.429. The zero-order valence-corrected chi connectivity index (χ0v) is 33.3.